The van der Waals surface area contributed by atoms with E-state index >= 15 is 4.39 Å². The number of halogens is 2. The van der Waals surface area contributed by atoms with Crippen molar-refractivity contribution >= 4 is 16.1 Å². The maximum absolute atomic E-state index is 15.6. The minimum Gasteiger partial charge on any atom is -0.333 e. The molecule has 2 fully saturated rings. The highest BCUT2D eigenvalue weighted by Crippen LogP contribution is 2.55. The Bertz CT molecular complexity index is 1120. The van der Waals surface area contributed by atoms with Crippen LogP contribution in [0.25, 0.3) is 11.1 Å². The Morgan fingerprint density at radius 1 is 1.18 bits per heavy atom. The van der Waals surface area contributed by atoms with E-state index < -0.39 is 46.7 Å². The molecule has 9 heteroatoms. The molecule has 2 amide bonds. The van der Waals surface area contributed by atoms with E-state index in [1.807, 2.05) is 30.3 Å². The molecule has 2 aromatic rings. The SMILES string of the molecule is CC(CF)NC(=O)N1CC2(CC2)[C@H](NS(C)(=O)=O)[C@@H]1Cc1cccc(-c2ccccc2)c1F. The summed E-state index contributed by atoms with van der Waals surface area (Å²) in [5.41, 5.74) is 1.20. The van der Waals surface area contributed by atoms with Gasteiger partial charge in [-0.25, -0.2) is 26.7 Å². The fraction of sp³-hybridized carbons (Fsp3) is 0.458. The number of amides is 2. The molecule has 1 aliphatic carbocycles. The van der Waals surface area contributed by atoms with Gasteiger partial charge in [-0.15, -0.1) is 0 Å². The molecule has 0 aromatic heterocycles. The third-order valence-corrected chi connectivity index (χ3v) is 7.30. The quantitative estimate of drug-likeness (QED) is 0.641. The van der Waals surface area contributed by atoms with Gasteiger partial charge in [-0.2, -0.15) is 0 Å². The average Bonchev–Trinajstić information content (AvgIpc) is 3.50. The van der Waals surface area contributed by atoms with E-state index in [9.17, 15) is 17.6 Å². The average molecular weight is 478 g/mol. The third-order valence-electron chi connectivity index (χ3n) is 6.62. The highest BCUT2D eigenvalue weighted by atomic mass is 32.2. The van der Waals surface area contributed by atoms with E-state index in [0.717, 1.165) is 24.7 Å². The molecule has 3 atom stereocenters. The van der Waals surface area contributed by atoms with Crippen LogP contribution in [-0.4, -0.2) is 56.9 Å². The van der Waals surface area contributed by atoms with Crippen LogP contribution in [0.5, 0.6) is 0 Å². The molecule has 178 valence electrons. The normalized spacial score (nSPS) is 22.4. The molecule has 1 spiro atoms. The Balaban J connectivity index is 1.69. The van der Waals surface area contributed by atoms with Crippen LogP contribution in [-0.2, 0) is 16.4 Å². The van der Waals surface area contributed by atoms with Crippen molar-refractivity contribution in [3.63, 3.8) is 0 Å². The summed E-state index contributed by atoms with van der Waals surface area (Å²) in [6, 6.07) is 12.0. The zero-order chi connectivity index (χ0) is 23.8. The van der Waals surface area contributed by atoms with Gasteiger partial charge in [0.1, 0.15) is 12.5 Å². The number of nitrogens with zero attached hydrogens (tertiary/aromatic N) is 1. The summed E-state index contributed by atoms with van der Waals surface area (Å²) in [5, 5.41) is 2.63. The van der Waals surface area contributed by atoms with Crippen LogP contribution in [0.1, 0.15) is 25.3 Å². The van der Waals surface area contributed by atoms with Crippen LogP contribution in [0.15, 0.2) is 48.5 Å². The number of benzene rings is 2. The number of carbonyl (C=O) groups is 1. The van der Waals surface area contributed by atoms with Gasteiger partial charge in [-0.1, -0.05) is 48.5 Å². The minimum absolute atomic E-state index is 0.138. The molecule has 1 saturated heterocycles. The van der Waals surface area contributed by atoms with Gasteiger partial charge in [0.2, 0.25) is 10.0 Å². The standard InChI is InChI=1S/C24H29F2N3O3S/c1-16(14-25)27-23(30)29-15-24(11-12-24)22(28-33(2,31)32)20(29)13-18-9-6-10-19(21(18)26)17-7-4-3-5-8-17/h3-10,16,20,22,28H,11-15H2,1-2H3,(H,27,30)/t16?,20-,22+/m0/s1. The van der Waals surface area contributed by atoms with Crippen LogP contribution >= 0.6 is 0 Å². The number of sulfonamides is 1. The minimum atomic E-state index is -3.56. The molecule has 0 radical (unpaired) electrons. The van der Waals surface area contributed by atoms with Crippen molar-refractivity contribution in [3.8, 4) is 11.1 Å². The van der Waals surface area contributed by atoms with Gasteiger partial charge in [0.05, 0.1) is 18.3 Å². The Labute approximate surface area is 193 Å². The highest BCUT2D eigenvalue weighted by Gasteiger charge is 2.61. The number of likely N-dealkylation sites (tertiary alicyclic amines) is 1. The molecule has 4 rings (SSSR count). The number of hydrogen-bond donors (Lipinski definition) is 2. The van der Waals surface area contributed by atoms with Crippen molar-refractivity contribution in [2.24, 2.45) is 5.41 Å². The van der Waals surface area contributed by atoms with E-state index in [4.69, 9.17) is 0 Å². The number of urea groups is 1. The second kappa shape index (κ2) is 9.02. The molecular weight excluding hydrogens is 448 g/mol. The van der Waals surface area contributed by atoms with Crippen molar-refractivity contribution in [3.05, 3.63) is 59.9 Å². The number of alkyl halides is 1. The first-order valence-electron chi connectivity index (χ1n) is 11.1. The molecule has 1 aliphatic heterocycles. The largest absolute Gasteiger partial charge is 0.333 e. The number of nitrogens with one attached hydrogen (secondary N) is 2. The molecule has 0 bridgehead atoms. The van der Waals surface area contributed by atoms with Crippen molar-refractivity contribution in [2.45, 2.75) is 44.3 Å². The number of hydrogen-bond acceptors (Lipinski definition) is 3. The maximum Gasteiger partial charge on any atom is 0.318 e. The monoisotopic (exact) mass is 477 g/mol. The molecule has 2 aromatic carbocycles. The Kier molecular flexibility index (Phi) is 6.46. The third kappa shape index (κ3) is 5.04. The lowest BCUT2D eigenvalue weighted by molar-refractivity contribution is 0.183. The van der Waals surface area contributed by atoms with Crippen LogP contribution < -0.4 is 10.0 Å². The molecule has 33 heavy (non-hydrogen) atoms. The van der Waals surface area contributed by atoms with Crippen molar-refractivity contribution < 1.29 is 22.0 Å². The van der Waals surface area contributed by atoms with Crippen molar-refractivity contribution in [2.75, 3.05) is 19.5 Å². The van der Waals surface area contributed by atoms with Gasteiger partial charge in [-0.05, 0) is 37.3 Å². The van der Waals surface area contributed by atoms with E-state index in [0.29, 0.717) is 17.7 Å². The first kappa shape index (κ1) is 23.6. The molecule has 1 saturated carbocycles. The van der Waals surface area contributed by atoms with Crippen molar-refractivity contribution in [1.82, 2.24) is 14.9 Å². The Morgan fingerprint density at radius 2 is 1.88 bits per heavy atom. The number of rotatable bonds is 7. The fourth-order valence-electron chi connectivity index (χ4n) is 4.79. The van der Waals surface area contributed by atoms with Gasteiger partial charge < -0.3 is 10.2 Å². The topological polar surface area (TPSA) is 78.5 Å². The number of carbonyl (C=O) groups excluding carboxylic acids is 1. The van der Waals surface area contributed by atoms with Crippen LogP contribution in [0.3, 0.4) is 0 Å². The smallest absolute Gasteiger partial charge is 0.318 e. The Morgan fingerprint density at radius 3 is 2.48 bits per heavy atom. The van der Waals surface area contributed by atoms with Crippen LogP contribution in [0.2, 0.25) is 0 Å². The lowest BCUT2D eigenvalue weighted by atomic mass is 9.91. The summed E-state index contributed by atoms with van der Waals surface area (Å²) in [4.78, 5) is 14.5. The molecule has 2 aliphatic rings. The zero-order valence-electron chi connectivity index (χ0n) is 18.7. The van der Waals surface area contributed by atoms with E-state index in [-0.39, 0.29) is 11.8 Å². The van der Waals surface area contributed by atoms with E-state index in [1.54, 1.807) is 30.0 Å². The first-order chi connectivity index (χ1) is 15.6. The molecular formula is C24H29F2N3O3S. The van der Waals surface area contributed by atoms with Crippen molar-refractivity contribution in [1.29, 1.82) is 0 Å². The summed E-state index contributed by atoms with van der Waals surface area (Å²) in [7, 11) is -3.56. The molecule has 1 unspecified atom stereocenters. The van der Waals surface area contributed by atoms with E-state index in [2.05, 4.69) is 10.0 Å². The van der Waals surface area contributed by atoms with Gasteiger partial charge >= 0.3 is 6.03 Å². The van der Waals surface area contributed by atoms with Crippen LogP contribution in [0.4, 0.5) is 13.6 Å². The highest BCUT2D eigenvalue weighted by molar-refractivity contribution is 7.88. The zero-order valence-corrected chi connectivity index (χ0v) is 19.5. The lowest BCUT2D eigenvalue weighted by Crippen LogP contribution is -2.52. The summed E-state index contributed by atoms with van der Waals surface area (Å²) < 4.78 is 55.6. The van der Waals surface area contributed by atoms with Gasteiger partial charge in [0.15, 0.2) is 0 Å². The maximum atomic E-state index is 15.6. The molecule has 2 N–H and O–H groups in total. The first-order valence-corrected chi connectivity index (χ1v) is 13.0. The summed E-state index contributed by atoms with van der Waals surface area (Å²) >= 11 is 0. The van der Waals surface area contributed by atoms with E-state index in [1.165, 1.54) is 0 Å². The van der Waals surface area contributed by atoms with Gasteiger partial charge in [0, 0.05) is 23.6 Å². The molecule has 6 nitrogen and oxygen atoms in total. The summed E-state index contributed by atoms with van der Waals surface area (Å²) in [6.45, 7) is 1.19. The fourth-order valence-corrected chi connectivity index (χ4v) is 5.66. The van der Waals surface area contributed by atoms with Gasteiger partial charge in [-0.3, -0.25) is 0 Å². The second-order valence-electron chi connectivity index (χ2n) is 9.28. The Hall–Kier alpha value is -2.52. The summed E-state index contributed by atoms with van der Waals surface area (Å²) in [6.07, 6.45) is 2.76. The van der Waals surface area contributed by atoms with Crippen LogP contribution in [0, 0.1) is 11.2 Å². The second-order valence-corrected chi connectivity index (χ2v) is 11.1. The lowest BCUT2D eigenvalue weighted by Gasteiger charge is -2.30. The van der Waals surface area contributed by atoms with Gasteiger partial charge in [0.25, 0.3) is 0 Å². The summed E-state index contributed by atoms with van der Waals surface area (Å²) in [5.74, 6) is -0.393. The predicted octanol–water partition coefficient (Wildman–Crippen LogP) is 3.49. The predicted molar refractivity (Wildman–Crippen MR) is 123 cm³/mol. The molecule has 1 heterocycles.